The SMILES string of the molecule is CCCCOc1cc(C(NC(=O)C2CCC2)c2nccnc2I)ccc1OCC. The van der Waals surface area contributed by atoms with Gasteiger partial charge in [0.2, 0.25) is 5.91 Å². The topological polar surface area (TPSA) is 73.3 Å². The van der Waals surface area contributed by atoms with Crippen LogP contribution in [0.15, 0.2) is 30.6 Å². The number of amides is 1. The molecule has 1 aliphatic carbocycles. The van der Waals surface area contributed by atoms with Crippen LogP contribution in [0.5, 0.6) is 11.5 Å². The van der Waals surface area contributed by atoms with Crippen molar-refractivity contribution in [1.29, 1.82) is 0 Å². The predicted molar refractivity (Wildman–Crippen MR) is 120 cm³/mol. The number of benzene rings is 1. The summed E-state index contributed by atoms with van der Waals surface area (Å²) in [5.74, 6) is 1.57. The standard InChI is InChI=1S/C22H28IN3O3/c1-3-5-13-29-18-14-16(9-10-17(18)28-4-2)19(20-21(23)25-12-11-24-20)26-22(27)15-7-6-8-15/h9-12,14-15,19H,3-8,13H2,1-2H3,(H,26,27). The highest BCUT2D eigenvalue weighted by Gasteiger charge is 2.29. The Bertz CT molecular complexity index is 827. The molecule has 0 spiro atoms. The number of carbonyl (C=O) groups is 1. The predicted octanol–water partition coefficient (Wildman–Crippen LogP) is 4.66. The molecule has 1 atom stereocenters. The van der Waals surface area contributed by atoms with Gasteiger partial charge in [-0.05, 0) is 66.5 Å². The Morgan fingerprint density at radius 1 is 1.21 bits per heavy atom. The second kappa shape index (κ2) is 10.8. The van der Waals surface area contributed by atoms with Gasteiger partial charge in [-0.2, -0.15) is 0 Å². The molecule has 1 aliphatic rings. The van der Waals surface area contributed by atoms with E-state index in [1.165, 1.54) is 0 Å². The lowest BCUT2D eigenvalue weighted by Crippen LogP contribution is -2.38. The lowest BCUT2D eigenvalue weighted by molar-refractivity contribution is -0.127. The minimum atomic E-state index is -0.382. The van der Waals surface area contributed by atoms with Crippen molar-refractivity contribution in [1.82, 2.24) is 15.3 Å². The number of hydrogen-bond acceptors (Lipinski definition) is 5. The lowest BCUT2D eigenvalue weighted by atomic mass is 9.84. The molecular weight excluding hydrogens is 481 g/mol. The quantitative estimate of drug-likeness (QED) is 0.373. The monoisotopic (exact) mass is 509 g/mol. The number of carbonyl (C=O) groups excluding carboxylic acids is 1. The Balaban J connectivity index is 1.94. The number of unbranched alkanes of at least 4 members (excludes halogenated alkanes) is 1. The van der Waals surface area contributed by atoms with Gasteiger partial charge >= 0.3 is 0 Å². The highest BCUT2D eigenvalue weighted by atomic mass is 127. The molecule has 0 radical (unpaired) electrons. The van der Waals surface area contributed by atoms with Crippen molar-refractivity contribution in [2.75, 3.05) is 13.2 Å². The molecule has 0 aliphatic heterocycles. The van der Waals surface area contributed by atoms with Crippen molar-refractivity contribution in [3.8, 4) is 11.5 Å². The first-order valence-corrected chi connectivity index (χ1v) is 11.4. The first kappa shape index (κ1) is 21.8. The van der Waals surface area contributed by atoms with Gasteiger partial charge in [0.25, 0.3) is 0 Å². The van der Waals surface area contributed by atoms with E-state index >= 15 is 0 Å². The Labute approximate surface area is 186 Å². The number of nitrogens with zero attached hydrogens (tertiary/aromatic N) is 2. The zero-order valence-electron chi connectivity index (χ0n) is 17.0. The third-order valence-electron chi connectivity index (χ3n) is 5.07. The van der Waals surface area contributed by atoms with Gasteiger partial charge in [0.15, 0.2) is 11.5 Å². The molecule has 0 bridgehead atoms. The molecule has 1 amide bonds. The molecule has 1 unspecified atom stereocenters. The molecule has 2 aromatic rings. The number of ether oxygens (including phenoxy) is 2. The van der Waals surface area contributed by atoms with E-state index in [0.717, 1.165) is 47.1 Å². The van der Waals surface area contributed by atoms with Gasteiger partial charge in [-0.25, -0.2) is 4.98 Å². The third kappa shape index (κ3) is 5.58. The summed E-state index contributed by atoms with van der Waals surface area (Å²) in [6.07, 6.45) is 8.36. The van der Waals surface area contributed by atoms with Crippen LogP contribution in [-0.4, -0.2) is 29.1 Å². The largest absolute Gasteiger partial charge is 0.490 e. The minimum absolute atomic E-state index is 0.0741. The van der Waals surface area contributed by atoms with Crippen LogP contribution in [0.2, 0.25) is 0 Å². The van der Waals surface area contributed by atoms with Crippen LogP contribution in [0.4, 0.5) is 0 Å². The Morgan fingerprint density at radius 3 is 2.66 bits per heavy atom. The van der Waals surface area contributed by atoms with Crippen LogP contribution in [0, 0.1) is 9.62 Å². The summed E-state index contributed by atoms with van der Waals surface area (Å²) in [6, 6.07) is 5.45. The molecular formula is C22H28IN3O3. The van der Waals surface area contributed by atoms with Crippen LogP contribution < -0.4 is 14.8 Å². The van der Waals surface area contributed by atoms with Crippen LogP contribution in [0.3, 0.4) is 0 Å². The van der Waals surface area contributed by atoms with Crippen LogP contribution >= 0.6 is 22.6 Å². The summed E-state index contributed by atoms with van der Waals surface area (Å²) >= 11 is 2.17. The maximum absolute atomic E-state index is 12.7. The molecule has 1 aromatic carbocycles. The first-order chi connectivity index (χ1) is 14.1. The molecule has 29 heavy (non-hydrogen) atoms. The summed E-state index contributed by atoms with van der Waals surface area (Å²) in [7, 11) is 0. The molecule has 1 N–H and O–H groups in total. The van der Waals surface area contributed by atoms with Crippen LogP contribution in [0.25, 0.3) is 0 Å². The van der Waals surface area contributed by atoms with Gasteiger partial charge in [0, 0.05) is 18.3 Å². The van der Waals surface area contributed by atoms with E-state index in [1.807, 2.05) is 25.1 Å². The van der Waals surface area contributed by atoms with Crippen molar-refractivity contribution >= 4 is 28.5 Å². The highest BCUT2D eigenvalue weighted by Crippen LogP contribution is 2.34. The van der Waals surface area contributed by atoms with Crippen molar-refractivity contribution in [2.24, 2.45) is 5.92 Å². The normalized spacial score (nSPS) is 14.7. The van der Waals surface area contributed by atoms with E-state index in [2.05, 4.69) is 44.8 Å². The zero-order valence-corrected chi connectivity index (χ0v) is 19.1. The summed E-state index contributed by atoms with van der Waals surface area (Å²) in [6.45, 7) is 5.27. The van der Waals surface area contributed by atoms with Crippen molar-refractivity contribution in [3.63, 3.8) is 0 Å². The molecule has 1 heterocycles. The number of nitrogens with one attached hydrogen (secondary N) is 1. The molecule has 6 nitrogen and oxygen atoms in total. The fourth-order valence-electron chi connectivity index (χ4n) is 3.18. The van der Waals surface area contributed by atoms with E-state index in [0.29, 0.717) is 24.7 Å². The number of rotatable bonds is 10. The second-order valence-electron chi connectivity index (χ2n) is 7.14. The van der Waals surface area contributed by atoms with E-state index in [-0.39, 0.29) is 17.9 Å². The summed E-state index contributed by atoms with van der Waals surface area (Å²) in [5, 5.41) is 3.20. The number of aromatic nitrogens is 2. The summed E-state index contributed by atoms with van der Waals surface area (Å²) < 4.78 is 12.5. The molecule has 3 rings (SSSR count). The van der Waals surface area contributed by atoms with Crippen molar-refractivity contribution in [3.05, 3.63) is 45.6 Å². The van der Waals surface area contributed by atoms with Gasteiger partial charge < -0.3 is 14.8 Å². The van der Waals surface area contributed by atoms with Gasteiger partial charge in [0.1, 0.15) is 3.70 Å². The number of hydrogen-bond donors (Lipinski definition) is 1. The fourth-order valence-corrected chi connectivity index (χ4v) is 3.80. The Hall–Kier alpha value is -1.90. The van der Waals surface area contributed by atoms with Crippen molar-refractivity contribution < 1.29 is 14.3 Å². The van der Waals surface area contributed by atoms with E-state index < -0.39 is 0 Å². The maximum Gasteiger partial charge on any atom is 0.223 e. The van der Waals surface area contributed by atoms with Crippen LogP contribution in [-0.2, 0) is 4.79 Å². The highest BCUT2D eigenvalue weighted by molar-refractivity contribution is 14.1. The van der Waals surface area contributed by atoms with E-state index in [1.54, 1.807) is 12.4 Å². The average molecular weight is 509 g/mol. The van der Waals surface area contributed by atoms with Crippen LogP contribution in [0.1, 0.15) is 63.3 Å². The zero-order chi connectivity index (χ0) is 20.6. The van der Waals surface area contributed by atoms with E-state index in [4.69, 9.17) is 9.47 Å². The smallest absolute Gasteiger partial charge is 0.223 e. The average Bonchev–Trinajstić information content (AvgIpc) is 2.67. The second-order valence-corrected chi connectivity index (χ2v) is 8.16. The molecule has 156 valence electrons. The van der Waals surface area contributed by atoms with Gasteiger partial charge in [-0.15, -0.1) is 0 Å². The molecule has 1 fully saturated rings. The number of halogens is 1. The van der Waals surface area contributed by atoms with Gasteiger partial charge in [-0.3, -0.25) is 9.78 Å². The Kier molecular flexibility index (Phi) is 8.09. The third-order valence-corrected chi connectivity index (χ3v) is 5.90. The maximum atomic E-state index is 12.7. The fraction of sp³-hybridized carbons (Fsp3) is 0.500. The Morgan fingerprint density at radius 2 is 2.00 bits per heavy atom. The van der Waals surface area contributed by atoms with Gasteiger partial charge in [0.05, 0.1) is 24.9 Å². The van der Waals surface area contributed by atoms with Gasteiger partial charge in [-0.1, -0.05) is 25.8 Å². The first-order valence-electron chi connectivity index (χ1n) is 10.3. The van der Waals surface area contributed by atoms with Crippen molar-refractivity contribution in [2.45, 2.75) is 52.0 Å². The lowest BCUT2D eigenvalue weighted by Gasteiger charge is -2.28. The molecule has 7 heteroatoms. The molecule has 1 saturated carbocycles. The molecule has 1 aromatic heterocycles. The van der Waals surface area contributed by atoms with E-state index in [9.17, 15) is 4.79 Å². The summed E-state index contributed by atoms with van der Waals surface area (Å²) in [4.78, 5) is 21.6. The minimum Gasteiger partial charge on any atom is -0.490 e. The molecule has 0 saturated heterocycles. The summed E-state index contributed by atoms with van der Waals surface area (Å²) in [5.41, 5.74) is 1.65.